The number of hydrogen-bond donors (Lipinski definition) is 1. The second kappa shape index (κ2) is 8.89. The van der Waals surface area contributed by atoms with Crippen LogP contribution in [0, 0.1) is 0 Å². The van der Waals surface area contributed by atoms with Crippen LogP contribution in [-0.4, -0.2) is 35.4 Å². The van der Waals surface area contributed by atoms with E-state index in [1.807, 2.05) is 6.92 Å². The van der Waals surface area contributed by atoms with Gasteiger partial charge in [-0.25, -0.2) is 0 Å². The Morgan fingerprint density at radius 1 is 1.14 bits per heavy atom. The number of ketones is 1. The molecule has 0 aromatic heterocycles. The number of hydrogen-bond acceptors (Lipinski definition) is 4. The maximum atomic E-state index is 12.9. The predicted molar refractivity (Wildman–Crippen MR) is 113 cm³/mol. The zero-order valence-electron chi connectivity index (χ0n) is 16.1. The smallest absolute Gasteiger partial charge is 0.295 e. The quantitative estimate of drug-likeness (QED) is 0.385. The van der Waals surface area contributed by atoms with Crippen LogP contribution in [0.3, 0.4) is 0 Å². The Hall–Kier alpha value is -2.50. The highest BCUT2D eigenvalue weighted by Gasteiger charge is 2.45. The lowest BCUT2D eigenvalue weighted by Gasteiger charge is -2.25. The van der Waals surface area contributed by atoms with E-state index in [1.54, 1.807) is 36.4 Å². The molecule has 0 saturated carbocycles. The van der Waals surface area contributed by atoms with Crippen LogP contribution in [0.1, 0.15) is 36.9 Å². The van der Waals surface area contributed by atoms with Crippen molar-refractivity contribution in [3.05, 3.63) is 69.2 Å². The maximum Gasteiger partial charge on any atom is 0.295 e. The van der Waals surface area contributed by atoms with Crippen LogP contribution in [0.2, 0.25) is 10.0 Å². The molecule has 1 fully saturated rings. The van der Waals surface area contributed by atoms with Crippen molar-refractivity contribution in [2.24, 2.45) is 0 Å². The highest BCUT2D eigenvalue weighted by molar-refractivity contribution is 6.46. The second-order valence-corrected chi connectivity index (χ2v) is 7.59. The highest BCUT2D eigenvalue weighted by Crippen LogP contribution is 2.40. The van der Waals surface area contributed by atoms with Gasteiger partial charge in [0, 0.05) is 17.1 Å². The van der Waals surface area contributed by atoms with Crippen LogP contribution in [0.4, 0.5) is 0 Å². The lowest BCUT2D eigenvalue weighted by Crippen LogP contribution is -2.30. The van der Waals surface area contributed by atoms with Crippen LogP contribution in [0.15, 0.2) is 48.0 Å². The number of likely N-dealkylation sites (tertiary alicyclic amines) is 1. The first-order valence-corrected chi connectivity index (χ1v) is 10.0. The molecule has 0 bridgehead atoms. The minimum atomic E-state index is -0.717. The molecule has 1 aliphatic heterocycles. The van der Waals surface area contributed by atoms with Crippen molar-refractivity contribution in [3.8, 4) is 5.75 Å². The van der Waals surface area contributed by atoms with Crippen LogP contribution >= 0.6 is 23.2 Å². The first-order valence-electron chi connectivity index (χ1n) is 9.26. The van der Waals surface area contributed by atoms with Gasteiger partial charge in [-0.15, -0.1) is 0 Å². The Labute approximate surface area is 179 Å². The van der Waals surface area contributed by atoms with Crippen molar-refractivity contribution >= 4 is 40.7 Å². The minimum absolute atomic E-state index is 0.0367. The van der Waals surface area contributed by atoms with E-state index in [-0.39, 0.29) is 11.3 Å². The molecule has 1 amide bonds. The molecule has 0 radical (unpaired) electrons. The molecule has 152 valence electrons. The fourth-order valence-corrected chi connectivity index (χ4v) is 3.78. The van der Waals surface area contributed by atoms with Crippen molar-refractivity contribution < 1.29 is 19.4 Å². The van der Waals surface area contributed by atoms with Gasteiger partial charge >= 0.3 is 0 Å². The summed E-state index contributed by atoms with van der Waals surface area (Å²) in [5.41, 5.74) is 1.07. The van der Waals surface area contributed by atoms with Gasteiger partial charge in [-0.2, -0.15) is 0 Å². The second-order valence-electron chi connectivity index (χ2n) is 6.75. The number of methoxy groups -OCH3 is 1. The largest absolute Gasteiger partial charge is 0.507 e. The van der Waals surface area contributed by atoms with Crippen molar-refractivity contribution in [3.63, 3.8) is 0 Å². The summed E-state index contributed by atoms with van der Waals surface area (Å²) in [7, 11) is 1.49. The standard InChI is InChI=1S/C22H21Cl2NO4/c1-3-4-11-25-19(13-5-8-15(23)9-6-13)18(21(27)22(25)28)20(26)14-7-10-17(29-2)16(24)12-14/h5-10,12,19,26H,3-4,11H2,1-2H3/b20-18-. The number of halogens is 2. The van der Waals surface area contributed by atoms with Gasteiger partial charge < -0.3 is 14.7 Å². The van der Waals surface area contributed by atoms with Crippen molar-refractivity contribution in [2.45, 2.75) is 25.8 Å². The maximum absolute atomic E-state index is 12.9. The SMILES string of the molecule is CCCCN1C(=O)C(=O)/C(=C(\O)c2ccc(OC)c(Cl)c2)C1c1ccc(Cl)cc1. The van der Waals surface area contributed by atoms with Crippen molar-refractivity contribution in [1.82, 2.24) is 4.90 Å². The lowest BCUT2D eigenvalue weighted by molar-refractivity contribution is -0.139. The van der Waals surface area contributed by atoms with Gasteiger partial charge in [0.05, 0.1) is 23.7 Å². The van der Waals surface area contributed by atoms with Crippen LogP contribution < -0.4 is 4.74 Å². The number of aliphatic hydroxyl groups is 1. The normalized spacial score (nSPS) is 18.3. The van der Waals surface area contributed by atoms with E-state index in [0.717, 1.165) is 12.8 Å². The van der Waals surface area contributed by atoms with E-state index >= 15 is 0 Å². The summed E-state index contributed by atoms with van der Waals surface area (Å²) in [6.45, 7) is 2.42. The Bertz CT molecular complexity index is 969. The molecule has 7 heteroatoms. The summed E-state index contributed by atoms with van der Waals surface area (Å²) in [4.78, 5) is 27.1. The number of amides is 1. The molecule has 0 aliphatic carbocycles. The number of ether oxygens (including phenoxy) is 1. The molecule has 1 N–H and O–H groups in total. The van der Waals surface area contributed by atoms with E-state index < -0.39 is 17.7 Å². The highest BCUT2D eigenvalue weighted by atomic mass is 35.5. The number of aliphatic hydroxyl groups excluding tert-OH is 1. The molecular formula is C22H21Cl2NO4. The summed E-state index contributed by atoms with van der Waals surface area (Å²) in [6, 6.07) is 10.9. The van der Waals surface area contributed by atoms with Gasteiger partial charge in [-0.05, 0) is 42.3 Å². The van der Waals surface area contributed by atoms with Gasteiger partial charge in [0.25, 0.3) is 11.7 Å². The third-order valence-corrected chi connectivity index (χ3v) is 5.45. The average Bonchev–Trinajstić information content (AvgIpc) is 2.96. The number of unbranched alkanes of at least 4 members (excludes halogenated alkanes) is 1. The van der Waals surface area contributed by atoms with Gasteiger partial charge in [0.2, 0.25) is 0 Å². The summed E-state index contributed by atoms with van der Waals surface area (Å²) in [5, 5.41) is 11.8. The van der Waals surface area contributed by atoms with Crippen molar-refractivity contribution in [2.75, 3.05) is 13.7 Å². The zero-order valence-corrected chi connectivity index (χ0v) is 17.6. The molecule has 1 saturated heterocycles. The fraction of sp³-hybridized carbons (Fsp3) is 0.273. The zero-order chi connectivity index (χ0) is 21.1. The molecule has 0 spiro atoms. The summed E-state index contributed by atoms with van der Waals surface area (Å²) in [5.74, 6) is -1.17. The average molecular weight is 434 g/mol. The summed E-state index contributed by atoms with van der Waals surface area (Å²) < 4.78 is 5.13. The van der Waals surface area contributed by atoms with Crippen molar-refractivity contribution in [1.29, 1.82) is 0 Å². The Morgan fingerprint density at radius 2 is 1.83 bits per heavy atom. The van der Waals surface area contributed by atoms with Crippen LogP contribution in [0.25, 0.3) is 5.76 Å². The Kier molecular flexibility index (Phi) is 6.50. The molecule has 29 heavy (non-hydrogen) atoms. The van der Waals surface area contributed by atoms with E-state index in [2.05, 4.69) is 0 Å². The Balaban J connectivity index is 2.15. The number of benzene rings is 2. The van der Waals surface area contributed by atoms with E-state index in [0.29, 0.717) is 33.5 Å². The van der Waals surface area contributed by atoms with E-state index in [1.165, 1.54) is 18.1 Å². The summed E-state index contributed by atoms with van der Waals surface area (Å²) in [6.07, 6.45) is 1.61. The minimum Gasteiger partial charge on any atom is -0.507 e. The molecule has 3 rings (SSSR count). The van der Waals surface area contributed by atoms with Gasteiger partial charge in [0.15, 0.2) is 0 Å². The molecule has 5 nitrogen and oxygen atoms in total. The molecule has 1 aliphatic rings. The molecule has 1 atom stereocenters. The first-order chi connectivity index (χ1) is 13.9. The fourth-order valence-electron chi connectivity index (χ4n) is 3.40. The number of rotatable bonds is 6. The number of nitrogens with zero attached hydrogens (tertiary/aromatic N) is 1. The van der Waals surface area contributed by atoms with E-state index in [9.17, 15) is 14.7 Å². The molecule has 2 aromatic carbocycles. The Morgan fingerprint density at radius 3 is 2.41 bits per heavy atom. The third-order valence-electron chi connectivity index (χ3n) is 4.90. The van der Waals surface area contributed by atoms with Gasteiger partial charge in [-0.1, -0.05) is 48.7 Å². The van der Waals surface area contributed by atoms with Gasteiger partial charge in [0.1, 0.15) is 11.5 Å². The number of carbonyl (C=O) groups is 2. The topological polar surface area (TPSA) is 66.8 Å². The lowest BCUT2D eigenvalue weighted by atomic mass is 9.95. The predicted octanol–water partition coefficient (Wildman–Crippen LogP) is 5.22. The first kappa shape index (κ1) is 21.2. The molecule has 1 unspecified atom stereocenters. The summed E-state index contributed by atoms with van der Waals surface area (Å²) >= 11 is 12.2. The third kappa shape index (κ3) is 4.11. The van der Waals surface area contributed by atoms with Crippen LogP contribution in [-0.2, 0) is 9.59 Å². The number of carbonyl (C=O) groups excluding carboxylic acids is 2. The molecule has 2 aromatic rings. The van der Waals surface area contributed by atoms with Gasteiger partial charge in [-0.3, -0.25) is 9.59 Å². The van der Waals surface area contributed by atoms with E-state index in [4.69, 9.17) is 27.9 Å². The molecule has 1 heterocycles. The molecular weight excluding hydrogens is 413 g/mol. The monoisotopic (exact) mass is 433 g/mol. The number of Topliss-reactive ketones (excluding diaryl/α,β-unsaturated/α-hetero) is 1. The van der Waals surface area contributed by atoms with Crippen LogP contribution in [0.5, 0.6) is 5.75 Å².